The zero-order valence-electron chi connectivity index (χ0n) is 41.6. The van der Waals surface area contributed by atoms with Crippen molar-refractivity contribution >= 4 is 18.1 Å². The fourth-order valence-corrected chi connectivity index (χ4v) is 8.49. The van der Waals surface area contributed by atoms with E-state index in [1.54, 1.807) is 0 Å². The summed E-state index contributed by atoms with van der Waals surface area (Å²) in [6.45, 7) is 40.5. The minimum atomic E-state index is -1.81. The fourth-order valence-electron chi connectivity index (χ4n) is 7.19. The van der Waals surface area contributed by atoms with Gasteiger partial charge in [-0.2, -0.15) is 0 Å². The van der Waals surface area contributed by atoms with Crippen LogP contribution < -0.4 is 18.1 Å². The van der Waals surface area contributed by atoms with E-state index in [0.29, 0.717) is 35.5 Å². The Labute approximate surface area is 378 Å². The van der Waals surface area contributed by atoms with Crippen LogP contribution >= 0.6 is 18.1 Å². The molecule has 4 aromatic carbocycles. The molecule has 6 heteroatoms. The van der Waals surface area contributed by atoms with E-state index >= 15 is 0 Å². The van der Waals surface area contributed by atoms with Crippen molar-refractivity contribution < 1.29 is 18.1 Å². The maximum atomic E-state index is 6.88. The average molecular weight is 871 g/mol. The van der Waals surface area contributed by atoms with Gasteiger partial charge in [0.05, 0.1) is 9.47 Å². The first kappa shape index (κ1) is 52.3. The van der Waals surface area contributed by atoms with Crippen LogP contribution in [0.2, 0.25) is 0 Å². The Bertz CT molecular complexity index is 1890. The smallest absolute Gasteiger partial charge is 0.480 e. The lowest BCUT2D eigenvalue weighted by Crippen LogP contribution is -2.16. The number of rotatable bonds is 18. The SMILES string of the molecule is CC(C)(C)c1ccc(OP)c(C(C)(C)C)c1.CCC(C)c1ccc(OP(Oc2ccc(C(C)C)cc2C(C)CC)Oc2ccc(C(C)CC)cc2C(C)CC)c(C(C)CC)c1. The Morgan fingerprint density at radius 3 is 1.10 bits per heavy atom. The van der Waals surface area contributed by atoms with Gasteiger partial charge in [-0.25, -0.2) is 0 Å². The molecule has 0 spiro atoms. The summed E-state index contributed by atoms with van der Waals surface area (Å²) in [6, 6.07) is 26.5. The second kappa shape index (κ2) is 23.6. The van der Waals surface area contributed by atoms with Gasteiger partial charge in [0, 0.05) is 5.56 Å². The molecular weight excluding hydrogens is 787 g/mol. The van der Waals surface area contributed by atoms with Crippen LogP contribution in [0.1, 0.15) is 237 Å². The third kappa shape index (κ3) is 14.5. The Hall–Kier alpha value is -3.06. The molecule has 6 atom stereocenters. The molecule has 6 unspecified atom stereocenters. The van der Waals surface area contributed by atoms with Crippen molar-refractivity contribution in [3.05, 3.63) is 117 Å². The highest BCUT2D eigenvalue weighted by Crippen LogP contribution is 2.49. The van der Waals surface area contributed by atoms with Crippen LogP contribution in [0.5, 0.6) is 23.0 Å². The summed E-state index contributed by atoms with van der Waals surface area (Å²) >= 11 is 0. The molecule has 4 nitrogen and oxygen atoms in total. The van der Waals surface area contributed by atoms with Gasteiger partial charge in [0.25, 0.3) is 0 Å². The summed E-state index contributed by atoms with van der Waals surface area (Å²) in [4.78, 5) is 0. The first-order valence-electron chi connectivity index (χ1n) is 23.4. The third-order valence-corrected chi connectivity index (χ3v) is 14.2. The molecular formula is C55H84O4P2. The van der Waals surface area contributed by atoms with Crippen molar-refractivity contribution in [2.45, 2.75) is 203 Å². The zero-order valence-corrected chi connectivity index (χ0v) is 43.6. The van der Waals surface area contributed by atoms with Gasteiger partial charge in [-0.15, -0.1) is 0 Å². The molecule has 0 bridgehead atoms. The molecule has 0 N–H and O–H groups in total. The zero-order chi connectivity index (χ0) is 45.8. The van der Waals surface area contributed by atoms with E-state index in [-0.39, 0.29) is 10.8 Å². The number of hydrogen-bond donors (Lipinski definition) is 0. The van der Waals surface area contributed by atoms with Crippen LogP contribution in [0.15, 0.2) is 72.8 Å². The molecule has 0 saturated heterocycles. The Balaban J connectivity index is 0.000000519. The standard InChI is InChI=1S/C41H61O3P.C14H23OP/c1-13-28(8)34-19-22-40(37(25-34)31(11)16-4)43-45(42-39-21-18-33(27(6)7)24-36(39)30(10)15-3)44-41-23-20-35(29(9)14-2)26-38(41)32(12)17-5;1-13(2,3)10-7-8-12(15-16)11(9-10)14(4,5)6/h18-32H,13-17H2,1-12H3;7-9H,16H2,1-6H3. The molecule has 0 aliphatic rings. The molecule has 0 aliphatic heterocycles. The van der Waals surface area contributed by atoms with Gasteiger partial charge >= 0.3 is 8.60 Å². The molecule has 0 radical (unpaired) electrons. The molecule has 0 saturated carbocycles. The minimum absolute atomic E-state index is 0.104. The van der Waals surface area contributed by atoms with Crippen molar-refractivity contribution in [1.29, 1.82) is 0 Å². The van der Waals surface area contributed by atoms with Crippen LogP contribution in [-0.4, -0.2) is 0 Å². The van der Waals surface area contributed by atoms with Gasteiger partial charge < -0.3 is 18.1 Å². The molecule has 338 valence electrons. The molecule has 0 fully saturated rings. The fraction of sp³-hybridized carbons (Fsp3) is 0.564. The molecule has 0 heterocycles. The quantitative estimate of drug-likeness (QED) is 0.0934. The summed E-state index contributed by atoms with van der Waals surface area (Å²) in [5, 5.41) is 0. The highest BCUT2D eigenvalue weighted by Gasteiger charge is 2.28. The van der Waals surface area contributed by atoms with E-state index in [9.17, 15) is 0 Å². The van der Waals surface area contributed by atoms with Gasteiger partial charge in [-0.3, -0.25) is 0 Å². The van der Waals surface area contributed by atoms with Crippen molar-refractivity contribution in [1.82, 2.24) is 0 Å². The summed E-state index contributed by atoms with van der Waals surface area (Å²) in [6.07, 6.45) is 5.31. The monoisotopic (exact) mass is 871 g/mol. The highest BCUT2D eigenvalue weighted by atomic mass is 31.2. The molecule has 61 heavy (non-hydrogen) atoms. The van der Waals surface area contributed by atoms with E-state index < -0.39 is 8.60 Å². The maximum Gasteiger partial charge on any atom is 0.530 e. The van der Waals surface area contributed by atoms with Crippen LogP contribution in [0.25, 0.3) is 0 Å². The summed E-state index contributed by atoms with van der Waals surface area (Å²) in [5.41, 5.74) is 10.6. The van der Waals surface area contributed by atoms with Crippen molar-refractivity contribution in [3.63, 3.8) is 0 Å². The summed E-state index contributed by atoms with van der Waals surface area (Å²) in [5.74, 6) is 6.01. The van der Waals surface area contributed by atoms with Gasteiger partial charge in [-0.05, 0) is 142 Å². The summed E-state index contributed by atoms with van der Waals surface area (Å²) < 4.78 is 26.0. The van der Waals surface area contributed by atoms with Crippen LogP contribution in [-0.2, 0) is 10.8 Å². The van der Waals surface area contributed by atoms with Crippen LogP contribution in [0, 0.1) is 0 Å². The third-order valence-electron chi connectivity index (χ3n) is 12.9. The Morgan fingerprint density at radius 1 is 0.443 bits per heavy atom. The van der Waals surface area contributed by atoms with E-state index in [1.165, 1.54) is 44.5 Å². The predicted octanol–water partition coefficient (Wildman–Crippen LogP) is 18.6. The topological polar surface area (TPSA) is 36.9 Å². The van der Waals surface area contributed by atoms with Gasteiger partial charge in [-0.1, -0.05) is 173 Å². The van der Waals surface area contributed by atoms with Gasteiger partial charge in [0.15, 0.2) is 0 Å². The lowest BCUT2D eigenvalue weighted by Gasteiger charge is -2.26. The lowest BCUT2D eigenvalue weighted by atomic mass is 9.80. The van der Waals surface area contributed by atoms with Crippen molar-refractivity contribution in [2.75, 3.05) is 0 Å². The van der Waals surface area contributed by atoms with E-state index in [0.717, 1.165) is 55.1 Å². The largest absolute Gasteiger partial charge is 0.530 e. The first-order valence-corrected chi connectivity index (χ1v) is 25.0. The second-order valence-corrected chi connectivity index (χ2v) is 21.1. The van der Waals surface area contributed by atoms with E-state index in [2.05, 4.69) is 207 Å². The van der Waals surface area contributed by atoms with Gasteiger partial charge in [0.1, 0.15) is 23.0 Å². The Morgan fingerprint density at radius 2 is 0.787 bits per heavy atom. The number of hydrogen-bond acceptors (Lipinski definition) is 4. The number of benzene rings is 4. The summed E-state index contributed by atoms with van der Waals surface area (Å²) in [7, 11) is 0.523. The first-order chi connectivity index (χ1) is 28.6. The molecule has 4 rings (SSSR count). The van der Waals surface area contributed by atoms with Gasteiger partial charge in [0.2, 0.25) is 0 Å². The van der Waals surface area contributed by atoms with Crippen molar-refractivity contribution in [2.24, 2.45) is 0 Å². The predicted molar refractivity (Wildman–Crippen MR) is 270 cm³/mol. The molecule has 4 aromatic rings. The van der Waals surface area contributed by atoms with Crippen molar-refractivity contribution in [3.8, 4) is 23.0 Å². The van der Waals surface area contributed by atoms with Crippen LogP contribution in [0.4, 0.5) is 0 Å². The average Bonchev–Trinajstić information content (AvgIpc) is 3.24. The van der Waals surface area contributed by atoms with E-state index in [4.69, 9.17) is 18.1 Å². The normalized spacial score (nSPS) is 14.9. The lowest BCUT2D eigenvalue weighted by molar-refractivity contribution is 0.379. The Kier molecular flexibility index (Phi) is 20.2. The van der Waals surface area contributed by atoms with E-state index in [1.807, 2.05) is 0 Å². The minimum Gasteiger partial charge on any atom is -0.480 e. The maximum absolute atomic E-state index is 6.88. The molecule has 0 aromatic heterocycles. The molecule has 0 aliphatic carbocycles. The highest BCUT2D eigenvalue weighted by molar-refractivity contribution is 7.43. The second-order valence-electron chi connectivity index (χ2n) is 19.9. The molecule has 0 amide bonds. The van der Waals surface area contributed by atoms with Crippen LogP contribution in [0.3, 0.4) is 0 Å².